The summed E-state index contributed by atoms with van der Waals surface area (Å²) >= 11 is 0. The summed E-state index contributed by atoms with van der Waals surface area (Å²) in [7, 11) is -4.71. The average molecular weight is 652 g/mol. The van der Waals surface area contributed by atoms with E-state index in [0.717, 1.165) is 30.3 Å². The molecule has 226 valence electrons. The second kappa shape index (κ2) is 9.20. The van der Waals surface area contributed by atoms with Crippen LogP contribution in [0.1, 0.15) is 15.9 Å². The van der Waals surface area contributed by atoms with Gasteiger partial charge in [-0.2, -0.15) is 0 Å². The summed E-state index contributed by atoms with van der Waals surface area (Å²) in [4.78, 5) is 12.9. The fourth-order valence-electron chi connectivity index (χ4n) is 5.42. The molecule has 0 saturated carbocycles. The number of benzene rings is 4. The quantitative estimate of drug-likeness (QED) is 0.112. The molecule has 16 heteroatoms. The Morgan fingerprint density at radius 2 is 0.911 bits per heavy atom. The van der Waals surface area contributed by atoms with Crippen molar-refractivity contribution in [1.29, 1.82) is 0 Å². The van der Waals surface area contributed by atoms with Crippen LogP contribution in [-0.2, 0) is 9.84 Å². The van der Waals surface area contributed by atoms with Crippen molar-refractivity contribution < 1.29 is 57.1 Å². The number of sulfone groups is 1. The van der Waals surface area contributed by atoms with Crippen molar-refractivity contribution in [2.45, 2.75) is 9.92 Å². The first-order chi connectivity index (χ1) is 21.2. The lowest BCUT2D eigenvalue weighted by molar-refractivity contribution is 0.104. The third kappa shape index (κ3) is 3.56. The molecule has 0 bridgehead atoms. The highest BCUT2D eigenvalue weighted by molar-refractivity contribution is 7.92. The standard InChI is InChI=1S/C29H6F10N2O3S/c30-17-13(18(31)22(35)25(38)21(17)34)7-1-3-9-11(5-7)28(42)16-15-10-4-2-8(14-19(32)23(36)26(39)24(37)20(14)33)6-12(10)45(43,44)29(15)41-40-27(9)16/h1-6H. The SMILES string of the molecule is O=C1c2cc(-c3c(F)c(F)c(F)c(F)c3F)ccc2-c2nnc3c(c21)-c1ccc(-c2c(F)c(F)c(F)c(F)c2F)cc1S3(=O)=O. The second-order valence-corrected chi connectivity index (χ2v) is 11.6. The lowest BCUT2D eigenvalue weighted by atomic mass is 9.96. The second-order valence-electron chi connectivity index (χ2n) is 9.80. The number of hydrogen-bond donors (Lipinski definition) is 0. The van der Waals surface area contributed by atoms with Gasteiger partial charge in [-0.05, 0) is 23.3 Å². The maximum absolute atomic E-state index is 14.5. The minimum Gasteiger partial charge on any atom is -0.288 e. The zero-order chi connectivity index (χ0) is 32.4. The lowest BCUT2D eigenvalue weighted by Gasteiger charge is -2.10. The van der Waals surface area contributed by atoms with Crippen LogP contribution in [0.3, 0.4) is 0 Å². The monoisotopic (exact) mass is 652 g/mol. The molecule has 4 aromatic carbocycles. The smallest absolute Gasteiger partial charge is 0.226 e. The Labute approximate surface area is 243 Å². The summed E-state index contributed by atoms with van der Waals surface area (Å²) in [5.74, 6) is -23.6. The van der Waals surface area contributed by atoms with Crippen LogP contribution in [0, 0.1) is 58.2 Å². The van der Waals surface area contributed by atoms with Crippen molar-refractivity contribution >= 4 is 15.6 Å². The Bertz CT molecular complexity index is 2320. The molecule has 0 saturated heterocycles. The first-order valence-corrected chi connectivity index (χ1v) is 13.7. The molecular formula is C29H6F10N2O3S. The molecule has 1 aliphatic heterocycles. The molecule has 5 aromatic rings. The lowest BCUT2D eigenvalue weighted by Crippen LogP contribution is -2.06. The molecule has 2 aliphatic rings. The summed E-state index contributed by atoms with van der Waals surface area (Å²) < 4.78 is 167. The van der Waals surface area contributed by atoms with Gasteiger partial charge in [0.1, 0.15) is 5.69 Å². The van der Waals surface area contributed by atoms with Gasteiger partial charge >= 0.3 is 0 Å². The molecule has 1 aliphatic carbocycles. The molecular weight excluding hydrogens is 646 g/mol. The number of fused-ring (bicyclic) bond motifs is 7. The normalized spacial score (nSPS) is 14.0. The minimum absolute atomic E-state index is 0.0400. The summed E-state index contributed by atoms with van der Waals surface area (Å²) in [6, 6.07) is 5.26. The van der Waals surface area contributed by atoms with Gasteiger partial charge in [-0.25, -0.2) is 52.3 Å². The molecule has 0 radical (unpaired) electrons. The number of ketones is 1. The number of aromatic nitrogens is 2. The van der Waals surface area contributed by atoms with E-state index in [-0.39, 0.29) is 27.9 Å². The van der Waals surface area contributed by atoms with Gasteiger partial charge < -0.3 is 0 Å². The number of carbonyl (C=O) groups is 1. The molecule has 0 spiro atoms. The number of halogens is 10. The van der Waals surface area contributed by atoms with Crippen LogP contribution in [-0.4, -0.2) is 24.4 Å². The van der Waals surface area contributed by atoms with E-state index in [1.807, 2.05) is 0 Å². The zero-order valence-corrected chi connectivity index (χ0v) is 22.1. The Hall–Kier alpha value is -5.12. The Morgan fingerprint density at radius 1 is 0.467 bits per heavy atom. The van der Waals surface area contributed by atoms with E-state index in [2.05, 4.69) is 10.2 Å². The highest BCUT2D eigenvalue weighted by Gasteiger charge is 2.43. The van der Waals surface area contributed by atoms with Gasteiger partial charge in [0.15, 0.2) is 57.3 Å². The molecule has 7 rings (SSSR count). The fraction of sp³-hybridized carbons (Fsp3) is 0. The molecule has 0 fully saturated rings. The van der Waals surface area contributed by atoms with E-state index < -0.39 is 112 Å². The van der Waals surface area contributed by atoms with Crippen LogP contribution in [0.4, 0.5) is 43.9 Å². The third-order valence-corrected chi connectivity index (χ3v) is 9.19. The van der Waals surface area contributed by atoms with Crippen LogP contribution in [0.2, 0.25) is 0 Å². The van der Waals surface area contributed by atoms with E-state index in [4.69, 9.17) is 0 Å². The van der Waals surface area contributed by atoms with Crippen LogP contribution in [0.25, 0.3) is 44.6 Å². The molecule has 0 amide bonds. The summed E-state index contributed by atoms with van der Waals surface area (Å²) in [6.45, 7) is 0. The number of rotatable bonds is 2. The van der Waals surface area contributed by atoms with E-state index in [1.165, 1.54) is 0 Å². The van der Waals surface area contributed by atoms with Crippen LogP contribution in [0.5, 0.6) is 0 Å². The summed E-state index contributed by atoms with van der Waals surface area (Å²) in [5, 5.41) is 6.67. The average Bonchev–Trinajstić information content (AvgIpc) is 3.44. The van der Waals surface area contributed by atoms with Crippen molar-refractivity contribution in [3.8, 4) is 44.6 Å². The molecule has 0 atom stereocenters. The third-order valence-electron chi connectivity index (χ3n) is 7.48. The molecule has 0 unspecified atom stereocenters. The topological polar surface area (TPSA) is 77.0 Å². The predicted octanol–water partition coefficient (Wildman–Crippen LogP) is 7.23. The largest absolute Gasteiger partial charge is 0.288 e. The van der Waals surface area contributed by atoms with Crippen molar-refractivity contribution in [3.05, 3.63) is 106 Å². The van der Waals surface area contributed by atoms with E-state index in [0.29, 0.717) is 6.07 Å². The Balaban J connectivity index is 1.41. The number of hydrogen-bond acceptors (Lipinski definition) is 5. The van der Waals surface area contributed by atoms with Gasteiger partial charge in [-0.15, -0.1) is 10.2 Å². The van der Waals surface area contributed by atoms with Crippen LogP contribution >= 0.6 is 0 Å². The van der Waals surface area contributed by atoms with Crippen molar-refractivity contribution in [1.82, 2.24) is 10.2 Å². The van der Waals surface area contributed by atoms with Crippen molar-refractivity contribution in [2.24, 2.45) is 0 Å². The fourth-order valence-corrected chi connectivity index (χ4v) is 7.00. The number of carbonyl (C=O) groups excluding carboxylic acids is 1. The Morgan fingerprint density at radius 3 is 1.42 bits per heavy atom. The maximum atomic E-state index is 14.5. The van der Waals surface area contributed by atoms with Crippen molar-refractivity contribution in [3.63, 3.8) is 0 Å². The van der Waals surface area contributed by atoms with Gasteiger partial charge in [-0.1, -0.05) is 24.3 Å². The first-order valence-electron chi connectivity index (χ1n) is 12.2. The molecule has 1 aromatic heterocycles. The first kappa shape index (κ1) is 28.6. The highest BCUT2D eigenvalue weighted by atomic mass is 32.2. The van der Waals surface area contributed by atoms with Crippen LogP contribution < -0.4 is 0 Å². The van der Waals surface area contributed by atoms with Gasteiger partial charge in [0.2, 0.25) is 21.5 Å². The molecule has 5 nitrogen and oxygen atoms in total. The molecule has 2 heterocycles. The Kier molecular flexibility index (Phi) is 5.85. The van der Waals surface area contributed by atoms with Gasteiger partial charge in [0, 0.05) is 22.3 Å². The van der Waals surface area contributed by atoms with Crippen molar-refractivity contribution in [2.75, 3.05) is 0 Å². The molecule has 45 heavy (non-hydrogen) atoms. The maximum Gasteiger partial charge on any atom is 0.226 e. The van der Waals surface area contributed by atoms with E-state index in [9.17, 15) is 57.1 Å². The highest BCUT2D eigenvalue weighted by Crippen LogP contribution is 2.50. The zero-order valence-electron chi connectivity index (χ0n) is 21.3. The van der Waals surface area contributed by atoms with Gasteiger partial charge in [0.05, 0.1) is 21.6 Å². The van der Waals surface area contributed by atoms with Gasteiger partial charge in [-0.3, -0.25) is 4.79 Å². The number of nitrogens with zero attached hydrogens (tertiary/aromatic N) is 2. The van der Waals surface area contributed by atoms with Crippen LogP contribution in [0.15, 0.2) is 46.3 Å². The summed E-state index contributed by atoms with van der Waals surface area (Å²) in [6.07, 6.45) is 0. The van der Waals surface area contributed by atoms with E-state index >= 15 is 0 Å². The predicted molar refractivity (Wildman–Crippen MR) is 132 cm³/mol. The van der Waals surface area contributed by atoms with Gasteiger partial charge in [0.25, 0.3) is 0 Å². The van der Waals surface area contributed by atoms with E-state index in [1.54, 1.807) is 0 Å². The summed E-state index contributed by atoms with van der Waals surface area (Å²) in [5.41, 5.74) is -5.68. The molecule has 0 N–H and O–H groups in total. The minimum atomic E-state index is -4.71.